The molecule has 0 saturated carbocycles. The molecule has 0 aromatic heterocycles. The molecule has 0 fully saturated rings. The molecule has 1 aliphatic heterocycles. The highest BCUT2D eigenvalue weighted by Gasteiger charge is 2.22. The van der Waals surface area contributed by atoms with Gasteiger partial charge in [0.1, 0.15) is 17.1 Å². The summed E-state index contributed by atoms with van der Waals surface area (Å²) in [5.74, 6) is 0.962. The molecule has 2 aromatic rings. The molecule has 32 heavy (non-hydrogen) atoms. The molecule has 0 spiro atoms. The van der Waals surface area contributed by atoms with Crippen LogP contribution in [0.25, 0.3) is 33.4 Å². The number of carboxylic acid groups (broad SMARTS) is 1. The second kappa shape index (κ2) is 8.75. The summed E-state index contributed by atoms with van der Waals surface area (Å²) in [4.78, 5) is 15.9. The maximum Gasteiger partial charge on any atom is 0.511 e. The highest BCUT2D eigenvalue weighted by atomic mass is 16.7. The highest BCUT2D eigenvalue weighted by molar-refractivity contribution is 6.04. The smallest absolute Gasteiger partial charge is 0.456 e. The number of nitrogens with one attached hydrogen (secondary N) is 1. The van der Waals surface area contributed by atoms with Crippen LogP contribution in [0, 0.1) is 13.8 Å². The number of hydrogen-bond acceptors (Lipinski definition) is 5. The lowest BCUT2D eigenvalue weighted by molar-refractivity contribution is 0.144. The average molecular weight is 431 g/mol. The molecular formula is C26H26N2O4. The van der Waals surface area contributed by atoms with Gasteiger partial charge < -0.3 is 19.6 Å². The number of nitrogens with zero attached hydrogens (tertiary/aromatic N) is 1. The summed E-state index contributed by atoms with van der Waals surface area (Å²) in [6, 6.07) is 15.2. The SMILES string of the molecule is CCN=c1cc2oc3cc(NCC)c(C)cc3c(-c3ccccc3OC(=O)O)c-2cc1C. The predicted octanol–water partition coefficient (Wildman–Crippen LogP) is 6.23. The monoisotopic (exact) mass is 430 g/mol. The summed E-state index contributed by atoms with van der Waals surface area (Å²) in [6.07, 6.45) is -1.35. The third-order valence-corrected chi connectivity index (χ3v) is 5.43. The quantitative estimate of drug-likeness (QED) is 0.223. The van der Waals surface area contributed by atoms with Crippen LogP contribution in [0.1, 0.15) is 25.0 Å². The van der Waals surface area contributed by atoms with Crippen molar-refractivity contribution in [2.24, 2.45) is 4.99 Å². The summed E-state index contributed by atoms with van der Waals surface area (Å²) >= 11 is 0. The molecule has 0 atom stereocenters. The van der Waals surface area contributed by atoms with E-state index < -0.39 is 6.16 Å². The van der Waals surface area contributed by atoms with Crippen LogP contribution in [0.4, 0.5) is 10.5 Å². The number of fused-ring (bicyclic) bond motifs is 2. The molecule has 0 radical (unpaired) electrons. The third kappa shape index (κ3) is 3.91. The van der Waals surface area contributed by atoms with Crippen molar-refractivity contribution in [3.05, 3.63) is 65.0 Å². The fourth-order valence-electron chi connectivity index (χ4n) is 4.06. The first kappa shape index (κ1) is 21.4. The Bertz CT molecular complexity index is 1350. The molecule has 1 heterocycles. The number of para-hydroxylation sites is 1. The third-order valence-electron chi connectivity index (χ3n) is 5.43. The molecule has 0 bridgehead atoms. The van der Waals surface area contributed by atoms with Gasteiger partial charge in [-0.05, 0) is 57.0 Å². The lowest BCUT2D eigenvalue weighted by Gasteiger charge is -2.19. The molecule has 4 rings (SSSR count). The van der Waals surface area contributed by atoms with E-state index >= 15 is 0 Å². The summed E-state index contributed by atoms with van der Waals surface area (Å²) < 4.78 is 11.5. The normalized spacial score (nSPS) is 11.8. The van der Waals surface area contributed by atoms with E-state index in [2.05, 4.69) is 16.4 Å². The van der Waals surface area contributed by atoms with E-state index in [1.54, 1.807) is 12.1 Å². The first-order chi connectivity index (χ1) is 15.4. The van der Waals surface area contributed by atoms with Crippen molar-refractivity contribution in [3.63, 3.8) is 0 Å². The van der Waals surface area contributed by atoms with Gasteiger partial charge in [0.25, 0.3) is 0 Å². The summed E-state index contributed by atoms with van der Waals surface area (Å²) in [5.41, 5.74) is 6.22. The Balaban J connectivity index is 2.16. The minimum atomic E-state index is -1.35. The highest BCUT2D eigenvalue weighted by Crippen LogP contribution is 2.44. The Morgan fingerprint density at radius 1 is 1.06 bits per heavy atom. The predicted molar refractivity (Wildman–Crippen MR) is 127 cm³/mol. The molecule has 1 aliphatic carbocycles. The second-order valence-electron chi connectivity index (χ2n) is 7.64. The summed E-state index contributed by atoms with van der Waals surface area (Å²) in [7, 11) is 0. The maximum absolute atomic E-state index is 11.4. The van der Waals surface area contributed by atoms with Crippen LogP contribution in [0.5, 0.6) is 5.75 Å². The van der Waals surface area contributed by atoms with Crippen molar-refractivity contribution >= 4 is 22.8 Å². The number of hydrogen-bond donors (Lipinski definition) is 2. The lowest BCUT2D eigenvalue weighted by atomic mass is 9.91. The van der Waals surface area contributed by atoms with Gasteiger partial charge in [0.15, 0.2) is 0 Å². The average Bonchev–Trinajstić information content (AvgIpc) is 2.75. The minimum Gasteiger partial charge on any atom is -0.456 e. The topological polar surface area (TPSA) is 84.1 Å². The molecule has 2 aromatic carbocycles. The van der Waals surface area contributed by atoms with Crippen LogP contribution in [-0.4, -0.2) is 24.4 Å². The largest absolute Gasteiger partial charge is 0.511 e. The number of ether oxygens (including phenoxy) is 1. The standard InChI is InChI=1S/C26H26N2O4/c1-5-27-20-13-23-18(11-15(20)3)25(17-9-7-8-10-22(17)32-26(29)30)19-12-16(4)21(28-6-2)14-24(19)31-23/h7-14,27H,5-6H2,1-4H3,(H,29,30). The van der Waals surface area contributed by atoms with Crippen LogP contribution in [0.3, 0.4) is 0 Å². The summed E-state index contributed by atoms with van der Waals surface area (Å²) in [6.45, 7) is 9.57. The van der Waals surface area contributed by atoms with Gasteiger partial charge in [-0.3, -0.25) is 4.99 Å². The molecule has 0 unspecified atom stereocenters. The van der Waals surface area contributed by atoms with Crippen molar-refractivity contribution in [2.45, 2.75) is 27.7 Å². The van der Waals surface area contributed by atoms with Gasteiger partial charge >= 0.3 is 6.16 Å². The zero-order valence-corrected chi connectivity index (χ0v) is 18.7. The van der Waals surface area contributed by atoms with E-state index in [1.165, 1.54) is 0 Å². The van der Waals surface area contributed by atoms with Gasteiger partial charge in [-0.15, -0.1) is 0 Å². The van der Waals surface area contributed by atoms with Crippen LogP contribution in [0.2, 0.25) is 0 Å². The first-order valence-electron chi connectivity index (χ1n) is 10.7. The fourth-order valence-corrected chi connectivity index (χ4v) is 4.06. The number of aryl methyl sites for hydroxylation is 2. The van der Waals surface area contributed by atoms with E-state index in [0.29, 0.717) is 23.5 Å². The van der Waals surface area contributed by atoms with Crippen molar-refractivity contribution < 1.29 is 19.1 Å². The lowest BCUT2D eigenvalue weighted by Crippen LogP contribution is -2.09. The van der Waals surface area contributed by atoms with Crippen molar-refractivity contribution in [1.82, 2.24) is 0 Å². The number of carbonyl (C=O) groups is 1. The Labute approximate surface area is 186 Å². The van der Waals surface area contributed by atoms with E-state index in [4.69, 9.17) is 9.15 Å². The van der Waals surface area contributed by atoms with E-state index in [9.17, 15) is 9.90 Å². The van der Waals surface area contributed by atoms with E-state index in [-0.39, 0.29) is 5.75 Å². The van der Waals surface area contributed by atoms with Crippen LogP contribution in [-0.2, 0) is 0 Å². The molecule has 0 amide bonds. The maximum atomic E-state index is 11.4. The Morgan fingerprint density at radius 3 is 2.56 bits per heavy atom. The molecular weight excluding hydrogens is 404 g/mol. The number of anilines is 1. The van der Waals surface area contributed by atoms with Crippen LogP contribution < -0.4 is 15.4 Å². The number of rotatable bonds is 5. The minimum absolute atomic E-state index is 0.280. The molecule has 6 heteroatoms. The Morgan fingerprint density at radius 2 is 1.84 bits per heavy atom. The molecule has 0 saturated heterocycles. The van der Waals surface area contributed by atoms with Crippen molar-refractivity contribution in [1.29, 1.82) is 0 Å². The molecule has 6 nitrogen and oxygen atoms in total. The molecule has 2 N–H and O–H groups in total. The first-order valence-corrected chi connectivity index (χ1v) is 10.7. The van der Waals surface area contributed by atoms with Crippen molar-refractivity contribution in [3.8, 4) is 28.2 Å². The zero-order valence-electron chi connectivity index (χ0n) is 18.7. The Hall–Kier alpha value is -3.80. The Kier molecular flexibility index (Phi) is 5.86. The molecule has 164 valence electrons. The van der Waals surface area contributed by atoms with Crippen molar-refractivity contribution in [2.75, 3.05) is 18.4 Å². The summed E-state index contributed by atoms with van der Waals surface area (Å²) in [5, 5.41) is 14.4. The van der Waals surface area contributed by atoms with Gasteiger partial charge in [0, 0.05) is 53.0 Å². The fraction of sp³-hybridized carbons (Fsp3) is 0.231. The van der Waals surface area contributed by atoms with Crippen LogP contribution in [0.15, 0.2) is 57.9 Å². The van der Waals surface area contributed by atoms with Gasteiger partial charge in [-0.1, -0.05) is 18.2 Å². The van der Waals surface area contributed by atoms with E-state index in [1.807, 2.05) is 58.0 Å². The van der Waals surface area contributed by atoms with Gasteiger partial charge in [-0.25, -0.2) is 4.79 Å². The van der Waals surface area contributed by atoms with Crippen LogP contribution >= 0.6 is 0 Å². The molecule has 2 aliphatic rings. The zero-order chi connectivity index (χ0) is 22.8. The van der Waals surface area contributed by atoms with Gasteiger partial charge in [-0.2, -0.15) is 0 Å². The van der Waals surface area contributed by atoms with Gasteiger partial charge in [0.05, 0.1) is 5.36 Å². The second-order valence-corrected chi connectivity index (χ2v) is 7.64. The van der Waals surface area contributed by atoms with Gasteiger partial charge in [0.2, 0.25) is 0 Å². The van der Waals surface area contributed by atoms with E-state index in [0.717, 1.165) is 45.2 Å². The number of benzene rings is 3.